The van der Waals surface area contributed by atoms with Crippen LogP contribution in [0.1, 0.15) is 26.5 Å². The average Bonchev–Trinajstić information content (AvgIpc) is 3.20. The minimum absolute atomic E-state index is 0.000836. The Bertz CT molecular complexity index is 1160. The van der Waals surface area contributed by atoms with Gasteiger partial charge >= 0.3 is 17.9 Å². The molecule has 1 saturated heterocycles. The molecule has 1 aromatic rings. The number of nitrogens with zero attached hydrogens (tertiary/aromatic N) is 3. The number of nitrogens with two attached hydrogens (primary N) is 1. The Hall–Kier alpha value is -3.66. The molecule has 0 radical (unpaired) electrons. The van der Waals surface area contributed by atoms with Gasteiger partial charge in [-0.25, -0.2) is 14.6 Å². The number of β-lactam (4-membered cyclic amide) rings is 1. The highest BCUT2D eigenvalue weighted by molar-refractivity contribution is 8.00. The first-order valence-corrected chi connectivity index (χ1v) is 11.8. The van der Waals surface area contributed by atoms with Crippen LogP contribution in [0.5, 0.6) is 0 Å². The van der Waals surface area contributed by atoms with Crippen molar-refractivity contribution in [3.63, 3.8) is 0 Å². The van der Waals surface area contributed by atoms with Crippen LogP contribution in [0.4, 0.5) is 5.13 Å². The van der Waals surface area contributed by atoms with E-state index in [0.29, 0.717) is 0 Å². The van der Waals surface area contributed by atoms with E-state index in [1.54, 1.807) is 0 Å². The predicted octanol–water partition coefficient (Wildman–Crippen LogP) is -0.389. The molecule has 16 heteroatoms. The van der Waals surface area contributed by atoms with Crippen LogP contribution in [0.15, 0.2) is 21.8 Å². The fourth-order valence-corrected chi connectivity index (χ4v) is 4.87. The van der Waals surface area contributed by atoms with Gasteiger partial charge in [-0.3, -0.25) is 19.3 Å². The van der Waals surface area contributed by atoms with Crippen LogP contribution in [-0.4, -0.2) is 84.9 Å². The number of hydrogen-bond donors (Lipinski definition) is 4. The molecule has 3 heterocycles. The Morgan fingerprint density at radius 3 is 2.57 bits per heavy atom. The van der Waals surface area contributed by atoms with E-state index in [0.717, 1.165) is 16.2 Å². The fourth-order valence-electron chi connectivity index (χ4n) is 2.99. The Kier molecular flexibility index (Phi) is 7.35. The first-order chi connectivity index (χ1) is 16.3. The quantitative estimate of drug-likeness (QED) is 0.140. The number of ether oxygens (including phenoxy) is 1. The number of carbonyl (C=O) groups excluding carboxylic acids is 3. The number of carboxylic acid groups (broad SMARTS) is 2. The Labute approximate surface area is 206 Å². The molecule has 0 spiro atoms. The molecule has 2 aliphatic rings. The zero-order valence-electron chi connectivity index (χ0n) is 18.6. The van der Waals surface area contributed by atoms with Gasteiger partial charge in [0.2, 0.25) is 5.60 Å². The number of thioether (sulfide) groups is 1. The van der Waals surface area contributed by atoms with E-state index >= 15 is 0 Å². The average molecular weight is 528 g/mol. The summed E-state index contributed by atoms with van der Waals surface area (Å²) in [6.07, 6.45) is 0. The maximum absolute atomic E-state index is 13.0. The van der Waals surface area contributed by atoms with Crippen LogP contribution >= 0.6 is 23.1 Å². The number of nitrogen functional groups attached to an aromatic ring is 1. The summed E-state index contributed by atoms with van der Waals surface area (Å²) in [6, 6.07) is -1.11. The van der Waals surface area contributed by atoms with E-state index in [-0.39, 0.29) is 34.5 Å². The van der Waals surface area contributed by atoms with Gasteiger partial charge in [0.05, 0.1) is 0 Å². The van der Waals surface area contributed by atoms with Crippen molar-refractivity contribution >= 4 is 63.7 Å². The number of aromatic nitrogens is 1. The Morgan fingerprint density at radius 2 is 2.03 bits per heavy atom. The molecule has 14 nitrogen and oxygen atoms in total. The summed E-state index contributed by atoms with van der Waals surface area (Å²) < 4.78 is 4.88. The van der Waals surface area contributed by atoms with Crippen molar-refractivity contribution in [2.45, 2.75) is 37.8 Å². The summed E-state index contributed by atoms with van der Waals surface area (Å²) in [5.41, 5.74) is 3.38. The highest BCUT2D eigenvalue weighted by atomic mass is 32.2. The molecule has 1 aromatic heterocycles. The summed E-state index contributed by atoms with van der Waals surface area (Å²) >= 11 is 2.18. The molecule has 0 saturated carbocycles. The van der Waals surface area contributed by atoms with E-state index in [1.807, 2.05) is 0 Å². The number of hydrogen-bond acceptors (Lipinski definition) is 12. The highest BCUT2D eigenvalue weighted by Crippen LogP contribution is 2.40. The SMILES string of the molecule is CC(=O)OCC1=C(C(=O)O)N2C(=O)C(NC(=O)C(=NOC(C)(C)C(=O)O)c3csc(N)n3)[C@H]2SC1. The first kappa shape index (κ1) is 26.0. The number of thiazole rings is 1. The molecule has 1 unspecified atom stereocenters. The molecule has 0 bridgehead atoms. The number of carbonyl (C=O) groups is 5. The monoisotopic (exact) mass is 527 g/mol. The van der Waals surface area contributed by atoms with Gasteiger partial charge in [-0.1, -0.05) is 5.16 Å². The van der Waals surface area contributed by atoms with Crippen molar-refractivity contribution in [2.24, 2.45) is 5.16 Å². The summed E-state index contributed by atoms with van der Waals surface area (Å²) in [5.74, 6) is -4.76. The van der Waals surface area contributed by atoms with Crippen LogP contribution in [0.2, 0.25) is 0 Å². The number of rotatable bonds is 9. The fraction of sp³-hybridized carbons (Fsp3) is 0.421. The Morgan fingerprint density at radius 1 is 1.34 bits per heavy atom. The maximum atomic E-state index is 13.0. The number of anilines is 1. The second-order valence-corrected chi connectivity index (χ2v) is 9.81. The third-order valence-corrected chi connectivity index (χ3v) is 6.86. The smallest absolute Gasteiger partial charge is 0.352 e. The lowest BCUT2D eigenvalue weighted by molar-refractivity contribution is -0.161. The molecular formula is C19H21N5O9S2. The third-order valence-electron chi connectivity index (χ3n) is 4.85. The topological polar surface area (TPSA) is 211 Å². The van der Waals surface area contributed by atoms with Gasteiger partial charge in [-0.15, -0.1) is 23.1 Å². The van der Waals surface area contributed by atoms with E-state index in [4.69, 9.17) is 15.3 Å². The van der Waals surface area contributed by atoms with Crippen molar-refractivity contribution in [1.29, 1.82) is 0 Å². The van der Waals surface area contributed by atoms with Crippen LogP contribution in [0, 0.1) is 0 Å². The number of carboxylic acids is 2. The molecule has 3 rings (SSSR count). The minimum atomic E-state index is -1.77. The van der Waals surface area contributed by atoms with Gasteiger partial charge in [0.1, 0.15) is 29.4 Å². The van der Waals surface area contributed by atoms with Crippen molar-refractivity contribution in [1.82, 2.24) is 15.2 Å². The van der Waals surface area contributed by atoms with Gasteiger partial charge in [0, 0.05) is 23.6 Å². The number of nitrogens with one attached hydrogen (secondary N) is 1. The number of aliphatic carboxylic acids is 2. The number of fused-ring (bicyclic) bond motifs is 1. The molecule has 35 heavy (non-hydrogen) atoms. The first-order valence-electron chi connectivity index (χ1n) is 9.88. The molecule has 0 aromatic carbocycles. The Balaban J connectivity index is 1.82. The summed E-state index contributed by atoms with van der Waals surface area (Å²) in [7, 11) is 0. The number of amides is 2. The molecule has 2 aliphatic heterocycles. The van der Waals surface area contributed by atoms with Crippen LogP contribution < -0.4 is 11.1 Å². The van der Waals surface area contributed by atoms with Crippen molar-refractivity contribution < 1.29 is 43.8 Å². The lowest BCUT2D eigenvalue weighted by atomic mass is 10.0. The van der Waals surface area contributed by atoms with Gasteiger partial charge < -0.3 is 30.8 Å². The predicted molar refractivity (Wildman–Crippen MR) is 122 cm³/mol. The van der Waals surface area contributed by atoms with E-state index < -0.39 is 52.5 Å². The molecular weight excluding hydrogens is 506 g/mol. The van der Waals surface area contributed by atoms with Crippen LogP contribution in [0.3, 0.4) is 0 Å². The molecule has 0 aliphatic carbocycles. The van der Waals surface area contributed by atoms with E-state index in [1.165, 1.54) is 37.9 Å². The molecule has 188 valence electrons. The van der Waals surface area contributed by atoms with Crippen molar-refractivity contribution in [2.75, 3.05) is 18.1 Å². The van der Waals surface area contributed by atoms with Crippen LogP contribution in [0.25, 0.3) is 0 Å². The van der Waals surface area contributed by atoms with E-state index in [2.05, 4.69) is 15.5 Å². The minimum Gasteiger partial charge on any atom is -0.478 e. The van der Waals surface area contributed by atoms with Gasteiger partial charge in [-0.05, 0) is 13.8 Å². The van der Waals surface area contributed by atoms with Gasteiger partial charge in [0.15, 0.2) is 10.8 Å². The lowest BCUT2D eigenvalue weighted by Crippen LogP contribution is -2.71. The van der Waals surface area contributed by atoms with Gasteiger partial charge in [-0.2, -0.15) is 0 Å². The van der Waals surface area contributed by atoms with Crippen molar-refractivity contribution in [3.8, 4) is 0 Å². The third kappa shape index (κ3) is 5.37. The molecule has 5 N–H and O–H groups in total. The van der Waals surface area contributed by atoms with Gasteiger partial charge in [0.25, 0.3) is 11.8 Å². The van der Waals surface area contributed by atoms with Crippen molar-refractivity contribution in [3.05, 3.63) is 22.3 Å². The summed E-state index contributed by atoms with van der Waals surface area (Å²) in [4.78, 5) is 70.1. The summed E-state index contributed by atoms with van der Waals surface area (Å²) in [6.45, 7) is 3.35. The highest BCUT2D eigenvalue weighted by Gasteiger charge is 2.54. The lowest BCUT2D eigenvalue weighted by Gasteiger charge is -2.49. The number of oxime groups is 1. The zero-order chi connectivity index (χ0) is 26.1. The normalized spacial score (nSPS) is 20.0. The second-order valence-electron chi connectivity index (χ2n) is 7.82. The van der Waals surface area contributed by atoms with Crippen LogP contribution in [-0.2, 0) is 33.5 Å². The second kappa shape index (κ2) is 9.91. The molecule has 2 atom stereocenters. The zero-order valence-corrected chi connectivity index (χ0v) is 20.3. The standard InChI is InChI=1S/C19H21N5O9S2/c1-7(25)32-4-8-5-34-15-11(14(27)24(15)12(8)16(28)29)22-13(26)10(9-6-35-18(20)21-9)23-33-19(2,3)17(30)31/h6,11,15H,4-5H2,1-3H3,(H2,20,21)(H,22,26)(H,28,29)(H,30,31)/t11?,15-/m1/s1. The summed E-state index contributed by atoms with van der Waals surface area (Å²) in [5, 5.41) is 25.8. The number of esters is 1. The molecule has 2 amide bonds. The van der Waals surface area contributed by atoms with E-state index in [9.17, 15) is 34.2 Å². The molecule has 1 fully saturated rings. The largest absolute Gasteiger partial charge is 0.478 e. The maximum Gasteiger partial charge on any atom is 0.352 e.